The molecule has 2 N–H and O–H groups in total. The molecule has 1 saturated heterocycles. The number of aliphatic hydroxyl groups is 1. The molecule has 1 aromatic rings. The molecule has 1 aliphatic rings. The fourth-order valence-corrected chi connectivity index (χ4v) is 2.74. The molecule has 1 aromatic carbocycles. The molecule has 1 aliphatic heterocycles. The lowest BCUT2D eigenvalue weighted by Crippen LogP contribution is -2.49. The smallest absolute Gasteiger partial charge is 0.102 e. The highest BCUT2D eigenvalue weighted by atomic mass is 79.9. The predicted molar refractivity (Wildman–Crippen MR) is 69.4 cm³/mol. The lowest BCUT2D eigenvalue weighted by Gasteiger charge is -2.36. The van der Waals surface area contributed by atoms with E-state index in [1.165, 1.54) is 12.8 Å². The third-order valence-corrected chi connectivity index (χ3v) is 3.89. The van der Waals surface area contributed by atoms with Gasteiger partial charge in [0.05, 0.1) is 0 Å². The molecule has 16 heavy (non-hydrogen) atoms. The minimum atomic E-state index is -0.788. The molecule has 3 heteroatoms. The summed E-state index contributed by atoms with van der Waals surface area (Å²) in [6, 6.07) is 8.10. The van der Waals surface area contributed by atoms with Crippen molar-refractivity contribution >= 4 is 15.9 Å². The second-order valence-corrected chi connectivity index (χ2v) is 5.58. The van der Waals surface area contributed by atoms with E-state index >= 15 is 0 Å². The standard InChI is InChI=1S/C13H18BrNO/c1-13(16,12-7-2-3-8-15-12)10-5-4-6-11(14)9-10/h4-6,9,12,15-16H,2-3,7-8H2,1H3. The lowest BCUT2D eigenvalue weighted by atomic mass is 9.84. The minimum absolute atomic E-state index is 0.163. The van der Waals surface area contributed by atoms with E-state index < -0.39 is 5.60 Å². The van der Waals surface area contributed by atoms with Crippen molar-refractivity contribution in [3.05, 3.63) is 34.3 Å². The van der Waals surface area contributed by atoms with Crippen LogP contribution in [0.25, 0.3) is 0 Å². The SMILES string of the molecule is CC(O)(c1cccc(Br)c1)C1CCCCN1. The van der Waals surface area contributed by atoms with Gasteiger partial charge in [-0.1, -0.05) is 34.5 Å². The van der Waals surface area contributed by atoms with Gasteiger partial charge in [-0.3, -0.25) is 0 Å². The number of hydrogen-bond acceptors (Lipinski definition) is 2. The van der Waals surface area contributed by atoms with Gasteiger partial charge in [-0.05, 0) is 44.0 Å². The van der Waals surface area contributed by atoms with E-state index in [-0.39, 0.29) is 6.04 Å². The van der Waals surface area contributed by atoms with Gasteiger partial charge in [0.2, 0.25) is 0 Å². The summed E-state index contributed by atoms with van der Waals surface area (Å²) >= 11 is 3.45. The molecule has 0 bridgehead atoms. The van der Waals surface area contributed by atoms with E-state index in [2.05, 4.69) is 21.2 Å². The van der Waals surface area contributed by atoms with Crippen LogP contribution in [0, 0.1) is 0 Å². The Morgan fingerprint density at radius 3 is 2.88 bits per heavy atom. The van der Waals surface area contributed by atoms with Crippen molar-refractivity contribution in [3.8, 4) is 0 Å². The van der Waals surface area contributed by atoms with Gasteiger partial charge in [0, 0.05) is 10.5 Å². The van der Waals surface area contributed by atoms with Crippen molar-refractivity contribution < 1.29 is 5.11 Å². The maximum Gasteiger partial charge on any atom is 0.102 e. The molecular formula is C13H18BrNO. The molecule has 0 aliphatic carbocycles. The van der Waals surface area contributed by atoms with Crippen LogP contribution in [0.15, 0.2) is 28.7 Å². The fourth-order valence-electron chi connectivity index (χ4n) is 2.34. The normalized spacial score (nSPS) is 25.1. The Morgan fingerprint density at radius 2 is 2.25 bits per heavy atom. The van der Waals surface area contributed by atoms with Gasteiger partial charge in [0.15, 0.2) is 0 Å². The van der Waals surface area contributed by atoms with Gasteiger partial charge in [0.25, 0.3) is 0 Å². The van der Waals surface area contributed by atoms with Crippen molar-refractivity contribution in [2.75, 3.05) is 6.54 Å². The highest BCUT2D eigenvalue weighted by Crippen LogP contribution is 2.30. The number of halogens is 1. The first kappa shape index (κ1) is 12.1. The Bertz CT molecular complexity index is 359. The van der Waals surface area contributed by atoms with Crippen molar-refractivity contribution in [1.29, 1.82) is 0 Å². The molecule has 2 atom stereocenters. The highest BCUT2D eigenvalue weighted by Gasteiger charge is 2.34. The summed E-state index contributed by atoms with van der Waals surface area (Å²) < 4.78 is 1.01. The second kappa shape index (κ2) is 4.86. The third kappa shape index (κ3) is 2.47. The van der Waals surface area contributed by atoms with Crippen molar-refractivity contribution in [2.24, 2.45) is 0 Å². The monoisotopic (exact) mass is 283 g/mol. The zero-order valence-electron chi connectivity index (χ0n) is 9.54. The molecule has 0 amide bonds. The molecule has 2 rings (SSSR count). The number of hydrogen-bond donors (Lipinski definition) is 2. The second-order valence-electron chi connectivity index (χ2n) is 4.66. The highest BCUT2D eigenvalue weighted by molar-refractivity contribution is 9.10. The maximum atomic E-state index is 10.7. The van der Waals surface area contributed by atoms with Crippen LogP contribution in [-0.2, 0) is 5.60 Å². The van der Waals surface area contributed by atoms with Crippen molar-refractivity contribution in [1.82, 2.24) is 5.32 Å². The Morgan fingerprint density at radius 1 is 1.44 bits per heavy atom. The summed E-state index contributed by atoms with van der Waals surface area (Å²) in [6.45, 7) is 2.91. The zero-order valence-corrected chi connectivity index (χ0v) is 11.1. The third-order valence-electron chi connectivity index (χ3n) is 3.40. The maximum absolute atomic E-state index is 10.7. The molecule has 2 unspecified atom stereocenters. The fraction of sp³-hybridized carbons (Fsp3) is 0.538. The van der Waals surface area contributed by atoms with E-state index in [9.17, 15) is 5.11 Å². The lowest BCUT2D eigenvalue weighted by molar-refractivity contribution is 0.00563. The van der Waals surface area contributed by atoms with E-state index in [0.29, 0.717) is 0 Å². The van der Waals surface area contributed by atoms with E-state index in [1.807, 2.05) is 31.2 Å². The number of rotatable bonds is 2. The van der Waals surface area contributed by atoms with Gasteiger partial charge in [-0.15, -0.1) is 0 Å². The summed E-state index contributed by atoms with van der Waals surface area (Å²) in [4.78, 5) is 0. The van der Waals surface area contributed by atoms with Crippen LogP contribution in [0.5, 0.6) is 0 Å². The number of benzene rings is 1. The molecule has 88 valence electrons. The molecular weight excluding hydrogens is 266 g/mol. The van der Waals surface area contributed by atoms with Crippen LogP contribution >= 0.6 is 15.9 Å². The van der Waals surface area contributed by atoms with Crippen LogP contribution < -0.4 is 5.32 Å². The van der Waals surface area contributed by atoms with Gasteiger partial charge in [0.1, 0.15) is 5.60 Å². The molecule has 0 saturated carbocycles. The Hall–Kier alpha value is -0.380. The average Bonchev–Trinajstić information content (AvgIpc) is 2.30. The summed E-state index contributed by atoms with van der Waals surface area (Å²) in [5.41, 5.74) is 0.186. The summed E-state index contributed by atoms with van der Waals surface area (Å²) in [5, 5.41) is 14.1. The molecule has 2 nitrogen and oxygen atoms in total. The number of piperidine rings is 1. The molecule has 1 heterocycles. The van der Waals surface area contributed by atoms with Crippen LogP contribution in [0.2, 0.25) is 0 Å². The zero-order chi connectivity index (χ0) is 11.6. The van der Waals surface area contributed by atoms with E-state index in [1.54, 1.807) is 0 Å². The topological polar surface area (TPSA) is 32.3 Å². The summed E-state index contributed by atoms with van der Waals surface area (Å²) in [5.74, 6) is 0. The van der Waals surface area contributed by atoms with E-state index in [0.717, 1.165) is 23.0 Å². The first-order valence-electron chi connectivity index (χ1n) is 5.82. The van der Waals surface area contributed by atoms with Gasteiger partial charge in [-0.2, -0.15) is 0 Å². The van der Waals surface area contributed by atoms with Crippen LogP contribution in [0.1, 0.15) is 31.7 Å². The van der Waals surface area contributed by atoms with Crippen molar-refractivity contribution in [2.45, 2.75) is 37.8 Å². The van der Waals surface area contributed by atoms with Gasteiger partial charge < -0.3 is 10.4 Å². The summed E-state index contributed by atoms with van der Waals surface area (Å²) in [7, 11) is 0. The first-order chi connectivity index (χ1) is 7.60. The molecule has 1 fully saturated rings. The van der Waals surface area contributed by atoms with Crippen LogP contribution in [0.4, 0.5) is 0 Å². The first-order valence-corrected chi connectivity index (χ1v) is 6.62. The van der Waals surface area contributed by atoms with Gasteiger partial charge >= 0.3 is 0 Å². The Balaban J connectivity index is 2.22. The predicted octanol–water partition coefficient (Wildman–Crippen LogP) is 2.80. The van der Waals surface area contributed by atoms with Crippen molar-refractivity contribution in [3.63, 3.8) is 0 Å². The Labute approximate surface area is 105 Å². The largest absolute Gasteiger partial charge is 0.384 e. The minimum Gasteiger partial charge on any atom is -0.384 e. The number of nitrogens with one attached hydrogen (secondary N) is 1. The van der Waals surface area contributed by atoms with Crippen LogP contribution in [-0.4, -0.2) is 17.7 Å². The molecule has 0 aromatic heterocycles. The van der Waals surface area contributed by atoms with Crippen LogP contribution in [0.3, 0.4) is 0 Å². The Kier molecular flexibility index (Phi) is 3.67. The van der Waals surface area contributed by atoms with Gasteiger partial charge in [-0.25, -0.2) is 0 Å². The molecule has 0 spiro atoms. The van der Waals surface area contributed by atoms with E-state index in [4.69, 9.17) is 0 Å². The molecule has 0 radical (unpaired) electrons. The quantitative estimate of drug-likeness (QED) is 0.875. The summed E-state index contributed by atoms with van der Waals surface area (Å²) in [6.07, 6.45) is 3.45. The average molecular weight is 284 g/mol.